The lowest BCUT2D eigenvalue weighted by Crippen LogP contribution is -2.57. The van der Waals surface area contributed by atoms with Crippen molar-refractivity contribution in [3.63, 3.8) is 0 Å². The van der Waals surface area contributed by atoms with E-state index in [0.717, 1.165) is 5.56 Å². The van der Waals surface area contributed by atoms with Gasteiger partial charge in [0, 0.05) is 12.8 Å². The number of amides is 3. The van der Waals surface area contributed by atoms with Gasteiger partial charge >= 0.3 is 5.97 Å². The van der Waals surface area contributed by atoms with Gasteiger partial charge in [0.25, 0.3) is 5.91 Å². The third-order valence-corrected chi connectivity index (χ3v) is 9.06. The minimum Gasteiger partial charge on any atom is -0.484 e. The van der Waals surface area contributed by atoms with Crippen LogP contribution in [0, 0.1) is 11.2 Å². The number of aliphatic carboxylic acids is 1. The van der Waals surface area contributed by atoms with E-state index in [-0.39, 0.29) is 25.4 Å². The molecule has 3 amide bonds. The molecule has 1 saturated heterocycles. The predicted molar refractivity (Wildman–Crippen MR) is 174 cm³/mol. The minimum atomic E-state index is -1.30. The standard InChI is InChI=1S/C34H36FN3O9S/c1-34(2,3)31(33(43)44)37-27(40)15-36-28(41)16-45-23-11-4-19(5-12-23)29-30(32(42)38(29)22-9-7-21(35)8-10-22)48-17-24(39)20-6-13-25-26(14-20)47-18-46-25/h4-14,24,29-31,39H,15-18H2,1-3H3,(H,36,41)(H,37,40)(H,43,44)/t24-,29+,30+,31+/m0/s1/i1D. The largest absolute Gasteiger partial charge is 0.484 e. The van der Waals surface area contributed by atoms with Crippen molar-refractivity contribution in [2.24, 2.45) is 5.41 Å². The Hall–Kier alpha value is -4.82. The molecular formula is C34H36FN3O9S. The number of carboxylic acid groups (broad SMARTS) is 1. The summed E-state index contributed by atoms with van der Waals surface area (Å²) < 4.78 is 37.5. The fraction of sp³-hybridized carbons (Fsp3) is 0.353. The normalized spacial score (nSPS) is 18.3. The molecule has 4 atom stereocenters. The SMILES string of the molecule is [2H]CC(C)(C)[C@H](NC(=O)CNC(=O)COc1ccc([C@@H]2[C@@H](SC[C@H](O)c3ccc4c(c3)OCO4)C(=O)N2c2ccc(F)cc2)cc1)C(=O)O. The fourth-order valence-electron chi connectivity index (χ4n) is 5.19. The van der Waals surface area contributed by atoms with Gasteiger partial charge in [0.05, 0.1) is 18.7 Å². The number of β-lactam (4-membered cyclic amide) rings is 1. The maximum atomic E-state index is 13.7. The molecule has 3 aromatic carbocycles. The fourth-order valence-corrected chi connectivity index (χ4v) is 6.49. The van der Waals surface area contributed by atoms with E-state index < -0.39 is 65.6 Å². The van der Waals surface area contributed by atoms with Crippen molar-refractivity contribution in [2.75, 3.05) is 30.6 Å². The molecule has 0 spiro atoms. The van der Waals surface area contributed by atoms with Crippen molar-refractivity contribution in [2.45, 2.75) is 44.2 Å². The summed E-state index contributed by atoms with van der Waals surface area (Å²) in [5, 5.41) is 24.5. The van der Waals surface area contributed by atoms with Gasteiger partial charge in [0.1, 0.15) is 22.9 Å². The number of hydrogen-bond donors (Lipinski definition) is 4. The van der Waals surface area contributed by atoms with Gasteiger partial charge in [-0.05, 0) is 65.1 Å². The second kappa shape index (κ2) is 14.5. The third kappa shape index (κ3) is 8.00. The van der Waals surface area contributed by atoms with Crippen LogP contribution in [0.4, 0.5) is 10.1 Å². The van der Waals surface area contributed by atoms with Crippen molar-refractivity contribution in [3.05, 3.63) is 83.7 Å². The highest BCUT2D eigenvalue weighted by atomic mass is 32.2. The summed E-state index contributed by atoms with van der Waals surface area (Å²) in [6.45, 7) is 2.08. The Balaban J connectivity index is 1.19. The average molecular weight is 683 g/mol. The number of benzene rings is 3. The quantitative estimate of drug-likeness (QED) is 0.196. The number of thioether (sulfide) groups is 1. The van der Waals surface area contributed by atoms with Crippen molar-refractivity contribution in [1.82, 2.24) is 10.6 Å². The number of aliphatic hydroxyl groups excluding tert-OH is 1. The summed E-state index contributed by atoms with van der Waals surface area (Å²) in [7, 11) is 0. The number of anilines is 1. The Labute approximate surface area is 282 Å². The molecule has 14 heteroatoms. The second-order valence-corrected chi connectivity index (χ2v) is 13.1. The zero-order valence-corrected chi connectivity index (χ0v) is 27.0. The molecule has 12 nitrogen and oxygen atoms in total. The van der Waals surface area contributed by atoms with E-state index in [1.807, 2.05) is 0 Å². The van der Waals surface area contributed by atoms with Crippen LogP contribution in [0.1, 0.15) is 45.4 Å². The second-order valence-electron chi connectivity index (χ2n) is 12.0. The van der Waals surface area contributed by atoms with Crippen molar-refractivity contribution in [1.29, 1.82) is 0 Å². The van der Waals surface area contributed by atoms with Crippen LogP contribution in [0.2, 0.25) is 0 Å². The zero-order valence-electron chi connectivity index (χ0n) is 27.2. The number of aliphatic hydroxyl groups is 1. The van der Waals surface area contributed by atoms with E-state index in [9.17, 15) is 33.8 Å². The number of rotatable bonds is 13. The van der Waals surface area contributed by atoms with Crippen LogP contribution in [-0.4, -0.2) is 70.9 Å². The molecule has 0 bridgehead atoms. The summed E-state index contributed by atoms with van der Waals surface area (Å²) in [4.78, 5) is 51.1. The van der Waals surface area contributed by atoms with Gasteiger partial charge in [-0.15, -0.1) is 11.8 Å². The summed E-state index contributed by atoms with van der Waals surface area (Å²) >= 11 is 1.30. The van der Waals surface area contributed by atoms with Crippen LogP contribution in [0.5, 0.6) is 17.2 Å². The monoisotopic (exact) mass is 682 g/mol. The molecule has 2 aliphatic heterocycles. The average Bonchev–Trinajstić information content (AvgIpc) is 3.57. The van der Waals surface area contributed by atoms with Gasteiger partial charge in [-0.1, -0.05) is 38.9 Å². The van der Waals surface area contributed by atoms with Gasteiger partial charge in [-0.2, -0.15) is 0 Å². The Morgan fingerprint density at radius 3 is 2.48 bits per heavy atom. The van der Waals surface area contributed by atoms with E-state index in [0.29, 0.717) is 28.5 Å². The van der Waals surface area contributed by atoms with Crippen molar-refractivity contribution < 1.29 is 49.4 Å². The van der Waals surface area contributed by atoms with E-state index in [1.165, 1.54) is 36.0 Å². The van der Waals surface area contributed by atoms with Gasteiger partial charge in [-0.3, -0.25) is 14.4 Å². The highest BCUT2D eigenvalue weighted by Crippen LogP contribution is 2.46. The molecule has 0 aliphatic carbocycles. The zero-order chi connectivity index (χ0) is 35.3. The van der Waals surface area contributed by atoms with Crippen LogP contribution in [0.15, 0.2) is 66.7 Å². The Bertz CT molecular complexity index is 1690. The first kappa shape index (κ1) is 33.1. The van der Waals surface area contributed by atoms with E-state index >= 15 is 0 Å². The molecule has 4 N–H and O–H groups in total. The Morgan fingerprint density at radius 2 is 1.79 bits per heavy atom. The van der Waals surface area contributed by atoms with Crippen LogP contribution in [0.25, 0.3) is 0 Å². The first-order valence-corrected chi connectivity index (χ1v) is 16.0. The topological polar surface area (TPSA) is 164 Å². The van der Waals surface area contributed by atoms with E-state index in [1.54, 1.807) is 61.2 Å². The van der Waals surface area contributed by atoms with Crippen LogP contribution in [0.3, 0.4) is 0 Å². The Morgan fingerprint density at radius 1 is 1.08 bits per heavy atom. The van der Waals surface area contributed by atoms with Crippen LogP contribution < -0.4 is 29.7 Å². The smallest absolute Gasteiger partial charge is 0.326 e. The summed E-state index contributed by atoms with van der Waals surface area (Å²) in [6.07, 6.45) is -0.880. The van der Waals surface area contributed by atoms with Gasteiger partial charge in [-0.25, -0.2) is 9.18 Å². The van der Waals surface area contributed by atoms with Crippen LogP contribution >= 0.6 is 11.8 Å². The molecule has 2 heterocycles. The minimum absolute atomic E-state index is 0.112. The highest BCUT2D eigenvalue weighted by Gasteiger charge is 2.49. The number of carbonyl (C=O) groups is 4. The van der Waals surface area contributed by atoms with Crippen molar-refractivity contribution in [3.8, 4) is 17.2 Å². The number of carboxylic acids is 1. The number of nitrogens with one attached hydrogen (secondary N) is 2. The van der Waals surface area contributed by atoms with E-state index in [2.05, 4.69) is 10.6 Å². The molecule has 0 radical (unpaired) electrons. The maximum absolute atomic E-state index is 13.7. The predicted octanol–water partition coefficient (Wildman–Crippen LogP) is 3.59. The number of carbonyl (C=O) groups excluding carboxylic acids is 3. The summed E-state index contributed by atoms with van der Waals surface area (Å²) in [6, 6.07) is 15.8. The number of ether oxygens (including phenoxy) is 3. The van der Waals surface area contributed by atoms with Gasteiger partial charge in [0.15, 0.2) is 18.1 Å². The maximum Gasteiger partial charge on any atom is 0.326 e. The molecule has 0 saturated carbocycles. The van der Waals surface area contributed by atoms with Crippen LogP contribution in [-0.2, 0) is 19.2 Å². The lowest BCUT2D eigenvalue weighted by molar-refractivity contribution is -0.144. The molecule has 0 unspecified atom stereocenters. The number of fused-ring (bicyclic) bond motifs is 1. The first-order chi connectivity index (χ1) is 23.4. The van der Waals surface area contributed by atoms with Gasteiger partial charge in [0.2, 0.25) is 18.6 Å². The molecule has 0 aromatic heterocycles. The number of nitrogens with zero attached hydrogens (tertiary/aromatic N) is 1. The molecule has 5 rings (SSSR count). The summed E-state index contributed by atoms with van der Waals surface area (Å²) in [5.41, 5.74) is 0.872. The summed E-state index contributed by atoms with van der Waals surface area (Å²) in [5.74, 6) is -1.54. The highest BCUT2D eigenvalue weighted by molar-refractivity contribution is 8.00. The molecular weight excluding hydrogens is 645 g/mol. The molecule has 2 aliphatic rings. The van der Waals surface area contributed by atoms with Gasteiger partial charge < -0.3 is 40.0 Å². The molecule has 3 aromatic rings. The lowest BCUT2D eigenvalue weighted by Gasteiger charge is -2.47. The number of hydrogen-bond acceptors (Lipinski definition) is 9. The lowest BCUT2D eigenvalue weighted by atomic mass is 9.87. The third-order valence-electron chi connectivity index (χ3n) is 7.74. The molecule has 1 fully saturated rings. The Kier molecular flexibility index (Phi) is 10.0. The number of halogens is 1. The van der Waals surface area contributed by atoms with Crippen molar-refractivity contribution >= 4 is 41.1 Å². The molecule has 48 heavy (non-hydrogen) atoms. The molecule has 254 valence electrons. The van der Waals surface area contributed by atoms with E-state index in [4.69, 9.17) is 15.6 Å². The first-order valence-electron chi connectivity index (χ1n) is 15.7.